The van der Waals surface area contributed by atoms with Gasteiger partial charge in [-0.15, -0.1) is 12.4 Å². The van der Waals surface area contributed by atoms with Crippen molar-refractivity contribution < 1.29 is 9.90 Å². The number of aryl methyl sites for hydroxylation is 1. The number of carboxylic acids is 1. The second-order valence-corrected chi connectivity index (χ2v) is 2.05. The van der Waals surface area contributed by atoms with Gasteiger partial charge in [-0.05, 0) is 6.92 Å². The van der Waals surface area contributed by atoms with Crippen LogP contribution in [0.3, 0.4) is 0 Å². The Morgan fingerprint density at radius 3 is 2.45 bits per heavy atom. The summed E-state index contributed by atoms with van der Waals surface area (Å²) < 4.78 is 1.53. The number of carboxylic acid groups (broad SMARTS) is 1. The average Bonchev–Trinajstić information content (AvgIpc) is 2.14. The van der Waals surface area contributed by atoms with Gasteiger partial charge in [0.2, 0.25) is 0 Å². The van der Waals surface area contributed by atoms with Crippen LogP contribution < -0.4 is 0 Å². The van der Waals surface area contributed by atoms with E-state index in [9.17, 15) is 4.79 Å². The molecular weight excluding hydrogens is 168 g/mol. The summed E-state index contributed by atoms with van der Waals surface area (Å²) in [4.78, 5) is 14.2. The first-order valence-electron chi connectivity index (χ1n) is 2.84. The summed E-state index contributed by atoms with van der Waals surface area (Å²) in [7, 11) is 1.67. The first-order chi connectivity index (χ1) is 4.63. The number of hydrogen-bond donors (Lipinski definition) is 1. The molecule has 4 nitrogen and oxygen atoms in total. The van der Waals surface area contributed by atoms with Gasteiger partial charge in [-0.1, -0.05) is 0 Å². The second kappa shape index (κ2) is 3.39. The predicted octanol–water partition coefficient (Wildman–Crippen LogP) is 0.849. The Balaban J connectivity index is 0.000001000. The van der Waals surface area contributed by atoms with Gasteiger partial charge >= 0.3 is 5.97 Å². The molecule has 1 aromatic rings. The van der Waals surface area contributed by atoms with Crippen LogP contribution in [-0.4, -0.2) is 20.6 Å². The SMILES string of the molecule is Cc1ncc(C(=O)O)n1C.Cl. The lowest BCUT2D eigenvalue weighted by Crippen LogP contribution is -2.04. The summed E-state index contributed by atoms with van der Waals surface area (Å²) >= 11 is 0. The topological polar surface area (TPSA) is 55.1 Å². The Morgan fingerprint density at radius 2 is 2.27 bits per heavy atom. The zero-order valence-electron chi connectivity index (χ0n) is 6.24. The molecule has 0 aliphatic rings. The predicted molar refractivity (Wildman–Crippen MR) is 42.2 cm³/mol. The van der Waals surface area contributed by atoms with Gasteiger partial charge in [-0.2, -0.15) is 0 Å². The third-order valence-corrected chi connectivity index (χ3v) is 1.44. The van der Waals surface area contributed by atoms with Crippen molar-refractivity contribution in [2.75, 3.05) is 0 Å². The van der Waals surface area contributed by atoms with Gasteiger partial charge in [0.25, 0.3) is 0 Å². The molecule has 0 fully saturated rings. The van der Waals surface area contributed by atoms with Crippen molar-refractivity contribution in [3.63, 3.8) is 0 Å². The van der Waals surface area contributed by atoms with E-state index < -0.39 is 5.97 Å². The van der Waals surface area contributed by atoms with Crippen molar-refractivity contribution in [2.45, 2.75) is 6.92 Å². The minimum Gasteiger partial charge on any atom is -0.477 e. The molecule has 0 radical (unpaired) electrons. The highest BCUT2D eigenvalue weighted by molar-refractivity contribution is 5.85. The normalized spacial score (nSPS) is 8.91. The summed E-state index contributed by atoms with van der Waals surface area (Å²) in [6.45, 7) is 1.76. The molecule has 5 heteroatoms. The van der Waals surface area contributed by atoms with Crippen molar-refractivity contribution >= 4 is 18.4 Å². The number of halogens is 1. The molecule has 11 heavy (non-hydrogen) atoms. The molecule has 0 aliphatic heterocycles. The maximum Gasteiger partial charge on any atom is 0.354 e. The van der Waals surface area contributed by atoms with Gasteiger partial charge < -0.3 is 9.67 Å². The van der Waals surface area contributed by atoms with Crippen LogP contribution in [0.1, 0.15) is 16.3 Å². The first-order valence-corrected chi connectivity index (χ1v) is 2.84. The fraction of sp³-hybridized carbons (Fsp3) is 0.333. The lowest BCUT2D eigenvalue weighted by atomic mass is 10.5. The van der Waals surface area contributed by atoms with E-state index in [1.54, 1.807) is 14.0 Å². The number of imidazole rings is 1. The fourth-order valence-corrected chi connectivity index (χ4v) is 0.701. The third-order valence-electron chi connectivity index (χ3n) is 1.44. The van der Waals surface area contributed by atoms with E-state index in [0.29, 0.717) is 5.82 Å². The number of aromatic carboxylic acids is 1. The number of hydrogen-bond acceptors (Lipinski definition) is 2. The summed E-state index contributed by atoms with van der Waals surface area (Å²) in [5, 5.41) is 8.52. The fourth-order valence-electron chi connectivity index (χ4n) is 0.701. The van der Waals surface area contributed by atoms with Gasteiger partial charge in [-0.3, -0.25) is 0 Å². The number of carbonyl (C=O) groups is 1. The van der Waals surface area contributed by atoms with Crippen molar-refractivity contribution in [1.29, 1.82) is 0 Å². The van der Waals surface area contributed by atoms with Crippen molar-refractivity contribution in [1.82, 2.24) is 9.55 Å². The van der Waals surface area contributed by atoms with E-state index in [1.807, 2.05) is 0 Å². The molecule has 0 saturated heterocycles. The summed E-state index contributed by atoms with van der Waals surface area (Å²) in [6, 6.07) is 0. The van der Waals surface area contributed by atoms with Crippen molar-refractivity contribution in [3.8, 4) is 0 Å². The minimum absolute atomic E-state index is 0. The van der Waals surface area contributed by atoms with E-state index in [4.69, 9.17) is 5.11 Å². The van der Waals surface area contributed by atoms with E-state index in [2.05, 4.69) is 4.98 Å². The zero-order chi connectivity index (χ0) is 7.72. The Hall–Kier alpha value is -1.03. The van der Waals surface area contributed by atoms with Crippen molar-refractivity contribution in [3.05, 3.63) is 17.7 Å². The third kappa shape index (κ3) is 1.71. The van der Waals surface area contributed by atoms with Gasteiger partial charge in [-0.25, -0.2) is 9.78 Å². The summed E-state index contributed by atoms with van der Waals surface area (Å²) in [6.07, 6.45) is 1.34. The molecule has 0 amide bonds. The first kappa shape index (κ1) is 9.97. The van der Waals surface area contributed by atoms with Crippen LogP contribution in [0.25, 0.3) is 0 Å². The van der Waals surface area contributed by atoms with Gasteiger partial charge in [0, 0.05) is 7.05 Å². The lowest BCUT2D eigenvalue weighted by Gasteiger charge is -1.95. The highest BCUT2D eigenvalue weighted by Crippen LogP contribution is 2.00. The van der Waals surface area contributed by atoms with E-state index in [1.165, 1.54) is 10.8 Å². The molecule has 0 saturated carbocycles. The molecule has 0 aliphatic carbocycles. The molecule has 0 bridgehead atoms. The Kier molecular flexibility index (Phi) is 3.07. The molecule has 0 aromatic carbocycles. The maximum absolute atomic E-state index is 10.4. The molecule has 1 heterocycles. The Morgan fingerprint density at radius 1 is 1.73 bits per heavy atom. The smallest absolute Gasteiger partial charge is 0.354 e. The van der Waals surface area contributed by atoms with Crippen LogP contribution in [0.2, 0.25) is 0 Å². The molecule has 1 rings (SSSR count). The van der Waals surface area contributed by atoms with E-state index in [0.717, 1.165) is 0 Å². The van der Waals surface area contributed by atoms with Gasteiger partial charge in [0.05, 0.1) is 6.20 Å². The standard InChI is InChI=1S/C6H8N2O2.ClH/c1-4-7-3-5(6(9)10)8(4)2;/h3H,1-2H3,(H,9,10);1H. The molecule has 62 valence electrons. The van der Waals surface area contributed by atoms with Crippen molar-refractivity contribution in [2.24, 2.45) is 7.05 Å². The zero-order valence-corrected chi connectivity index (χ0v) is 7.05. The van der Waals surface area contributed by atoms with Crippen LogP contribution >= 0.6 is 12.4 Å². The molecule has 0 atom stereocenters. The van der Waals surface area contributed by atoms with E-state index >= 15 is 0 Å². The molecule has 1 N–H and O–H groups in total. The van der Waals surface area contributed by atoms with Crippen LogP contribution in [0.5, 0.6) is 0 Å². The highest BCUT2D eigenvalue weighted by atomic mass is 35.5. The van der Waals surface area contributed by atoms with Gasteiger partial charge in [0.15, 0.2) is 0 Å². The maximum atomic E-state index is 10.4. The van der Waals surface area contributed by atoms with E-state index in [-0.39, 0.29) is 18.1 Å². The Bertz CT molecular complexity index is 270. The Labute approximate surface area is 70.3 Å². The summed E-state index contributed by atoms with van der Waals surface area (Å²) in [5.74, 6) is -0.236. The molecule has 0 spiro atoms. The average molecular weight is 177 g/mol. The second-order valence-electron chi connectivity index (χ2n) is 2.05. The highest BCUT2D eigenvalue weighted by Gasteiger charge is 2.08. The molecular formula is C6H9ClN2O2. The van der Waals surface area contributed by atoms with Crippen LogP contribution in [0.4, 0.5) is 0 Å². The monoisotopic (exact) mass is 176 g/mol. The van der Waals surface area contributed by atoms with Crippen LogP contribution in [0, 0.1) is 6.92 Å². The number of rotatable bonds is 1. The van der Waals surface area contributed by atoms with Gasteiger partial charge in [0.1, 0.15) is 11.5 Å². The quantitative estimate of drug-likeness (QED) is 0.690. The lowest BCUT2D eigenvalue weighted by molar-refractivity contribution is 0.0686. The summed E-state index contributed by atoms with van der Waals surface area (Å²) in [5.41, 5.74) is 0.220. The van der Waals surface area contributed by atoms with Crippen LogP contribution in [0.15, 0.2) is 6.20 Å². The number of nitrogens with zero attached hydrogens (tertiary/aromatic N) is 2. The molecule has 0 unspecified atom stereocenters. The number of aromatic nitrogens is 2. The molecule has 1 aromatic heterocycles. The minimum atomic E-state index is -0.942. The largest absolute Gasteiger partial charge is 0.477 e. The van der Waals surface area contributed by atoms with Crippen LogP contribution in [-0.2, 0) is 7.05 Å².